The van der Waals surface area contributed by atoms with Crippen LogP contribution in [0, 0.1) is 11.6 Å². The minimum absolute atomic E-state index is 0.164. The van der Waals surface area contributed by atoms with Crippen LogP contribution < -0.4 is 10.6 Å². The van der Waals surface area contributed by atoms with E-state index in [0.717, 1.165) is 24.4 Å². The van der Waals surface area contributed by atoms with Crippen LogP contribution in [0.2, 0.25) is 0 Å². The molecule has 1 aromatic rings. The van der Waals surface area contributed by atoms with Crippen LogP contribution in [0.25, 0.3) is 0 Å². The average molecular weight is 476 g/mol. The second kappa shape index (κ2) is 7.91. The number of benzene rings is 1. The van der Waals surface area contributed by atoms with E-state index in [0.29, 0.717) is 36.9 Å². The van der Waals surface area contributed by atoms with Crippen LogP contribution in [0.15, 0.2) is 28.0 Å². The molecule has 1 atom stereocenters. The summed E-state index contributed by atoms with van der Waals surface area (Å²) in [6.07, 6.45) is 2.74. The van der Waals surface area contributed by atoms with E-state index in [1.165, 1.54) is 12.1 Å². The molecule has 9 heteroatoms. The fraction of sp³-hybridized carbons (Fsp3) is 0.579. The third-order valence-electron chi connectivity index (χ3n) is 5.94. The van der Waals surface area contributed by atoms with E-state index in [1.54, 1.807) is 0 Å². The van der Waals surface area contributed by atoms with Crippen LogP contribution in [-0.2, 0) is 9.84 Å². The minimum atomic E-state index is -2.84. The van der Waals surface area contributed by atoms with Crippen LogP contribution in [0.3, 0.4) is 0 Å². The number of rotatable bonds is 5. The van der Waals surface area contributed by atoms with Crippen LogP contribution >= 0.6 is 15.9 Å². The van der Waals surface area contributed by atoms with E-state index in [-0.39, 0.29) is 29.0 Å². The van der Waals surface area contributed by atoms with Crippen molar-refractivity contribution >= 4 is 25.8 Å². The van der Waals surface area contributed by atoms with Crippen LogP contribution in [0.1, 0.15) is 37.2 Å². The molecule has 0 aliphatic carbocycles. The largest absolute Gasteiger partial charge is 0.370 e. The Labute approximate surface area is 172 Å². The SMILES string of the molecule is O=S1(=O)CCC(NCCC2=C3C[C@H](c4c(F)ccc(Br)c4F)CN3CN2)CC1. The highest BCUT2D eigenvalue weighted by atomic mass is 79.9. The lowest BCUT2D eigenvalue weighted by molar-refractivity contribution is 0.393. The Kier molecular flexibility index (Phi) is 5.68. The summed E-state index contributed by atoms with van der Waals surface area (Å²) in [6.45, 7) is 2.03. The third-order valence-corrected chi connectivity index (χ3v) is 8.27. The van der Waals surface area contributed by atoms with Gasteiger partial charge in [-0.05, 0) is 47.3 Å². The lowest BCUT2D eigenvalue weighted by atomic mass is 9.96. The number of sulfone groups is 1. The van der Waals surface area contributed by atoms with Crippen LogP contribution in [0.5, 0.6) is 0 Å². The molecular formula is C19H24BrF2N3O2S. The van der Waals surface area contributed by atoms with Crippen molar-refractivity contribution in [1.29, 1.82) is 0 Å². The molecule has 0 spiro atoms. The van der Waals surface area contributed by atoms with Crippen LogP contribution in [0.4, 0.5) is 8.78 Å². The van der Waals surface area contributed by atoms with Gasteiger partial charge in [0.2, 0.25) is 0 Å². The van der Waals surface area contributed by atoms with Crippen molar-refractivity contribution in [2.45, 2.75) is 37.6 Å². The van der Waals surface area contributed by atoms with Gasteiger partial charge in [0.1, 0.15) is 21.5 Å². The monoisotopic (exact) mass is 475 g/mol. The molecule has 5 nitrogen and oxygen atoms in total. The molecule has 2 fully saturated rings. The fourth-order valence-corrected chi connectivity index (χ4v) is 6.25. The summed E-state index contributed by atoms with van der Waals surface area (Å²) in [5, 5.41) is 6.85. The first-order valence-corrected chi connectivity index (χ1v) is 12.2. The Hall–Kier alpha value is -1.19. The van der Waals surface area contributed by atoms with Crippen molar-refractivity contribution in [3.63, 3.8) is 0 Å². The summed E-state index contributed by atoms with van der Waals surface area (Å²) in [7, 11) is -2.84. The summed E-state index contributed by atoms with van der Waals surface area (Å²) in [6, 6.07) is 2.96. The molecule has 3 heterocycles. The Morgan fingerprint density at radius 3 is 2.75 bits per heavy atom. The zero-order chi connectivity index (χ0) is 19.9. The molecule has 0 aromatic heterocycles. The van der Waals surface area contributed by atoms with Crippen molar-refractivity contribution in [1.82, 2.24) is 15.5 Å². The van der Waals surface area contributed by atoms with Crippen molar-refractivity contribution < 1.29 is 17.2 Å². The zero-order valence-corrected chi connectivity index (χ0v) is 17.9. The quantitative estimate of drug-likeness (QED) is 0.641. The Morgan fingerprint density at radius 1 is 1.25 bits per heavy atom. The predicted octanol–water partition coefficient (Wildman–Crippen LogP) is 2.85. The Bertz CT molecular complexity index is 893. The third kappa shape index (κ3) is 4.07. The molecule has 0 unspecified atom stereocenters. The number of halogens is 3. The van der Waals surface area contributed by atoms with E-state index < -0.39 is 21.5 Å². The van der Waals surface area contributed by atoms with Gasteiger partial charge in [0, 0.05) is 48.4 Å². The van der Waals surface area contributed by atoms with Gasteiger partial charge in [-0.2, -0.15) is 0 Å². The molecule has 154 valence electrons. The summed E-state index contributed by atoms with van der Waals surface area (Å²) < 4.78 is 52.0. The lowest BCUT2D eigenvalue weighted by Crippen LogP contribution is -2.38. The number of nitrogens with zero attached hydrogens (tertiary/aromatic N) is 1. The van der Waals surface area contributed by atoms with Gasteiger partial charge in [-0.1, -0.05) is 0 Å². The topological polar surface area (TPSA) is 61.4 Å². The van der Waals surface area contributed by atoms with Gasteiger partial charge >= 0.3 is 0 Å². The first kappa shape index (κ1) is 20.1. The molecule has 28 heavy (non-hydrogen) atoms. The zero-order valence-electron chi connectivity index (χ0n) is 15.5. The van der Waals surface area contributed by atoms with E-state index in [9.17, 15) is 17.2 Å². The van der Waals surface area contributed by atoms with Crippen molar-refractivity contribution in [3.05, 3.63) is 45.2 Å². The van der Waals surface area contributed by atoms with E-state index in [2.05, 4.69) is 31.5 Å². The van der Waals surface area contributed by atoms with Gasteiger partial charge in [0.05, 0.1) is 22.6 Å². The van der Waals surface area contributed by atoms with E-state index >= 15 is 0 Å². The Morgan fingerprint density at radius 2 is 2.00 bits per heavy atom. The molecule has 0 amide bonds. The van der Waals surface area contributed by atoms with Crippen molar-refractivity contribution in [3.8, 4) is 0 Å². The number of allylic oxidation sites excluding steroid dienone is 1. The highest BCUT2D eigenvalue weighted by molar-refractivity contribution is 9.10. The molecule has 1 aromatic carbocycles. The first-order chi connectivity index (χ1) is 13.3. The highest BCUT2D eigenvalue weighted by Crippen LogP contribution is 2.40. The Balaban J connectivity index is 1.38. The predicted molar refractivity (Wildman–Crippen MR) is 107 cm³/mol. The maximum atomic E-state index is 14.5. The lowest BCUT2D eigenvalue weighted by Gasteiger charge is -2.23. The molecule has 2 N–H and O–H groups in total. The van der Waals surface area contributed by atoms with Gasteiger partial charge in [-0.25, -0.2) is 17.2 Å². The summed E-state index contributed by atoms with van der Waals surface area (Å²) >= 11 is 3.15. The number of nitrogens with one attached hydrogen (secondary N) is 2. The molecule has 3 aliphatic rings. The molecule has 4 rings (SSSR count). The maximum Gasteiger partial charge on any atom is 0.150 e. The van der Waals surface area contributed by atoms with E-state index in [1.807, 2.05) is 0 Å². The van der Waals surface area contributed by atoms with Gasteiger partial charge in [-0.15, -0.1) is 0 Å². The van der Waals surface area contributed by atoms with Gasteiger partial charge in [-0.3, -0.25) is 0 Å². The number of hydrogen-bond acceptors (Lipinski definition) is 5. The smallest absolute Gasteiger partial charge is 0.150 e. The minimum Gasteiger partial charge on any atom is -0.370 e. The van der Waals surface area contributed by atoms with Crippen LogP contribution in [-0.4, -0.2) is 50.6 Å². The van der Waals surface area contributed by atoms with E-state index in [4.69, 9.17) is 0 Å². The van der Waals surface area contributed by atoms with Gasteiger partial charge in [0.25, 0.3) is 0 Å². The number of fused-ring (bicyclic) bond motifs is 1. The molecule has 2 saturated heterocycles. The van der Waals surface area contributed by atoms with Gasteiger partial charge < -0.3 is 15.5 Å². The van der Waals surface area contributed by atoms with Crippen molar-refractivity contribution in [2.24, 2.45) is 0 Å². The standard InChI is InChI=1S/C19H24BrF2N3O2S/c20-14-1-2-15(21)18(19(14)22)12-9-17-16(24-11-25(17)10-12)3-6-23-13-4-7-28(26,27)8-5-13/h1-2,12-13,23-24H,3-11H2/t12-/m0/s1. The first-order valence-electron chi connectivity index (χ1n) is 9.62. The second-order valence-corrected chi connectivity index (χ2v) is 10.9. The molecule has 0 radical (unpaired) electrons. The molecule has 0 bridgehead atoms. The molecular weight excluding hydrogens is 452 g/mol. The fourth-order valence-electron chi connectivity index (χ4n) is 4.41. The molecule has 0 saturated carbocycles. The maximum absolute atomic E-state index is 14.5. The summed E-state index contributed by atoms with van der Waals surface area (Å²) in [5.41, 5.74) is 2.42. The number of hydrogen-bond donors (Lipinski definition) is 2. The second-order valence-electron chi connectivity index (χ2n) is 7.77. The summed E-state index contributed by atoms with van der Waals surface area (Å²) in [5.74, 6) is -0.668. The average Bonchev–Trinajstić information content (AvgIpc) is 3.22. The van der Waals surface area contributed by atoms with Crippen molar-refractivity contribution in [2.75, 3.05) is 31.3 Å². The normalized spacial score (nSPS) is 24.5. The summed E-state index contributed by atoms with van der Waals surface area (Å²) in [4.78, 5) is 2.16. The molecule has 3 aliphatic heterocycles. The van der Waals surface area contributed by atoms with Gasteiger partial charge in [0.15, 0.2) is 0 Å². The highest BCUT2D eigenvalue weighted by Gasteiger charge is 2.36.